The summed E-state index contributed by atoms with van der Waals surface area (Å²) in [6.45, 7) is 2.26. The lowest BCUT2D eigenvalue weighted by Crippen LogP contribution is -2.45. The Morgan fingerprint density at radius 3 is 2.80 bits per heavy atom. The van der Waals surface area contributed by atoms with Crippen molar-refractivity contribution in [3.05, 3.63) is 52.3 Å². The van der Waals surface area contributed by atoms with Gasteiger partial charge in [-0.2, -0.15) is 18.3 Å². The maximum absolute atomic E-state index is 13.3. The van der Waals surface area contributed by atoms with Gasteiger partial charge in [-0.1, -0.05) is 23.7 Å². The first-order valence-corrected chi connectivity index (χ1v) is 8.02. The van der Waals surface area contributed by atoms with Crippen LogP contribution in [0.1, 0.15) is 22.9 Å². The van der Waals surface area contributed by atoms with E-state index in [1.807, 2.05) is 23.1 Å². The number of halogens is 5. The second-order valence-electron chi connectivity index (χ2n) is 5.89. The van der Waals surface area contributed by atoms with Gasteiger partial charge in [-0.25, -0.2) is 0 Å². The zero-order valence-corrected chi connectivity index (χ0v) is 15.1. The van der Waals surface area contributed by atoms with Gasteiger partial charge in [-0.3, -0.25) is 9.58 Å². The van der Waals surface area contributed by atoms with Crippen molar-refractivity contribution in [2.45, 2.75) is 18.8 Å². The molecule has 1 atom stereocenters. The largest absolute Gasteiger partial charge is 0.433 e. The van der Waals surface area contributed by atoms with E-state index in [0.717, 1.165) is 16.8 Å². The van der Waals surface area contributed by atoms with Crippen LogP contribution in [-0.2, 0) is 19.8 Å². The molecule has 1 aromatic carbocycles. The van der Waals surface area contributed by atoms with Crippen molar-refractivity contribution < 1.29 is 13.2 Å². The minimum atomic E-state index is -4.42. The number of nitrogens with zero attached hydrogens (tertiary/aromatic N) is 3. The number of rotatable bonds is 3. The maximum atomic E-state index is 13.3. The molecule has 0 radical (unpaired) electrons. The van der Waals surface area contributed by atoms with Gasteiger partial charge in [0.05, 0.1) is 6.20 Å². The molecule has 3 rings (SSSR count). The van der Waals surface area contributed by atoms with E-state index in [9.17, 15) is 13.2 Å². The summed E-state index contributed by atoms with van der Waals surface area (Å²) in [5, 5.41) is 7.71. The van der Waals surface area contributed by atoms with Gasteiger partial charge in [0.15, 0.2) is 0 Å². The number of alkyl halides is 3. The number of piperazine rings is 1. The third-order valence-electron chi connectivity index (χ3n) is 4.24. The van der Waals surface area contributed by atoms with Gasteiger partial charge in [-0.15, -0.1) is 12.4 Å². The average Bonchev–Trinajstić information content (AvgIpc) is 2.88. The highest BCUT2D eigenvalue weighted by Gasteiger charge is 2.38. The Morgan fingerprint density at radius 1 is 1.36 bits per heavy atom. The summed E-state index contributed by atoms with van der Waals surface area (Å²) in [7, 11) is 1.32. The average molecular weight is 395 g/mol. The third-order valence-corrected chi connectivity index (χ3v) is 4.48. The minimum Gasteiger partial charge on any atom is -0.314 e. The van der Waals surface area contributed by atoms with Crippen LogP contribution in [0.15, 0.2) is 30.5 Å². The van der Waals surface area contributed by atoms with Crippen LogP contribution in [0.25, 0.3) is 0 Å². The first-order chi connectivity index (χ1) is 11.4. The van der Waals surface area contributed by atoms with Crippen LogP contribution in [0.5, 0.6) is 0 Å². The van der Waals surface area contributed by atoms with Gasteiger partial charge in [0.2, 0.25) is 0 Å². The molecule has 9 heteroatoms. The lowest BCUT2D eigenvalue weighted by atomic mass is 10.0. The van der Waals surface area contributed by atoms with Crippen LogP contribution in [0.2, 0.25) is 5.02 Å². The SMILES string of the molecule is Cl.Cn1ncc(CN2CCNCC2c2cccc(Cl)c2)c1C(F)(F)F. The molecule has 2 heterocycles. The molecule has 1 saturated heterocycles. The Hall–Kier alpha value is -1.28. The Kier molecular flexibility index (Phi) is 6.37. The summed E-state index contributed by atoms with van der Waals surface area (Å²) in [6.07, 6.45) is -3.11. The fraction of sp³-hybridized carbons (Fsp3) is 0.438. The molecule has 25 heavy (non-hydrogen) atoms. The van der Waals surface area contributed by atoms with Gasteiger partial charge in [0.1, 0.15) is 5.69 Å². The van der Waals surface area contributed by atoms with E-state index in [-0.39, 0.29) is 30.6 Å². The van der Waals surface area contributed by atoms with E-state index < -0.39 is 11.9 Å². The van der Waals surface area contributed by atoms with E-state index in [1.54, 1.807) is 6.07 Å². The highest BCUT2D eigenvalue weighted by Crippen LogP contribution is 2.33. The zero-order chi connectivity index (χ0) is 17.3. The molecule has 4 nitrogen and oxygen atoms in total. The first kappa shape index (κ1) is 20.0. The molecule has 0 amide bonds. The molecular weight excluding hydrogens is 376 g/mol. The summed E-state index contributed by atoms with van der Waals surface area (Å²) in [5.41, 5.74) is 0.497. The quantitative estimate of drug-likeness (QED) is 0.861. The number of aryl methyl sites for hydroxylation is 1. The molecule has 0 aliphatic carbocycles. The molecule has 2 aromatic rings. The second-order valence-corrected chi connectivity index (χ2v) is 6.32. The van der Waals surface area contributed by atoms with Crippen molar-refractivity contribution >= 4 is 24.0 Å². The molecule has 0 saturated carbocycles. The number of hydrogen-bond acceptors (Lipinski definition) is 3. The predicted octanol–water partition coefficient (Wildman–Crippen LogP) is 3.66. The van der Waals surface area contributed by atoms with E-state index in [0.29, 0.717) is 18.1 Å². The molecule has 1 N–H and O–H groups in total. The fourth-order valence-electron chi connectivity index (χ4n) is 3.16. The highest BCUT2D eigenvalue weighted by molar-refractivity contribution is 6.30. The van der Waals surface area contributed by atoms with Gasteiger partial charge in [-0.05, 0) is 17.7 Å². The normalized spacial score (nSPS) is 18.8. The summed E-state index contributed by atoms with van der Waals surface area (Å²) >= 11 is 6.06. The molecule has 1 aromatic heterocycles. The van der Waals surface area contributed by atoms with Gasteiger partial charge in [0.25, 0.3) is 0 Å². The molecule has 1 fully saturated rings. The Bertz CT molecular complexity index is 718. The van der Waals surface area contributed by atoms with Crippen molar-refractivity contribution in [3.8, 4) is 0 Å². The minimum absolute atomic E-state index is 0. The van der Waals surface area contributed by atoms with E-state index in [4.69, 9.17) is 11.6 Å². The van der Waals surface area contributed by atoms with Crippen molar-refractivity contribution in [1.82, 2.24) is 20.0 Å². The Balaban J connectivity index is 0.00000225. The summed E-state index contributed by atoms with van der Waals surface area (Å²) in [5.74, 6) is 0. The Labute approximate surface area is 155 Å². The summed E-state index contributed by atoms with van der Waals surface area (Å²) in [4.78, 5) is 2.04. The summed E-state index contributed by atoms with van der Waals surface area (Å²) in [6, 6.07) is 7.42. The van der Waals surface area contributed by atoms with Crippen LogP contribution in [0.3, 0.4) is 0 Å². The monoisotopic (exact) mass is 394 g/mol. The molecule has 1 aliphatic heterocycles. The molecule has 138 valence electrons. The molecule has 1 unspecified atom stereocenters. The van der Waals surface area contributed by atoms with Crippen LogP contribution < -0.4 is 5.32 Å². The molecule has 1 aliphatic rings. The third kappa shape index (κ3) is 4.47. The first-order valence-electron chi connectivity index (χ1n) is 7.64. The van der Waals surface area contributed by atoms with Crippen molar-refractivity contribution in [3.63, 3.8) is 0 Å². The molecular formula is C16H19Cl2F3N4. The molecule has 0 bridgehead atoms. The zero-order valence-electron chi connectivity index (χ0n) is 13.6. The fourth-order valence-corrected chi connectivity index (χ4v) is 3.36. The predicted molar refractivity (Wildman–Crippen MR) is 92.9 cm³/mol. The topological polar surface area (TPSA) is 33.1 Å². The molecule has 0 spiro atoms. The van der Waals surface area contributed by atoms with Gasteiger partial charge < -0.3 is 5.32 Å². The van der Waals surface area contributed by atoms with Crippen LogP contribution in [0, 0.1) is 0 Å². The van der Waals surface area contributed by atoms with Crippen LogP contribution >= 0.6 is 24.0 Å². The van der Waals surface area contributed by atoms with E-state index in [1.165, 1.54) is 13.2 Å². The van der Waals surface area contributed by atoms with Crippen molar-refractivity contribution in [1.29, 1.82) is 0 Å². The van der Waals surface area contributed by atoms with Crippen molar-refractivity contribution in [2.75, 3.05) is 19.6 Å². The van der Waals surface area contributed by atoms with Crippen molar-refractivity contribution in [2.24, 2.45) is 7.05 Å². The number of aromatic nitrogens is 2. The maximum Gasteiger partial charge on any atom is 0.433 e. The van der Waals surface area contributed by atoms with E-state index >= 15 is 0 Å². The number of benzene rings is 1. The second kappa shape index (κ2) is 7.95. The smallest absolute Gasteiger partial charge is 0.314 e. The lowest BCUT2D eigenvalue weighted by Gasteiger charge is -2.36. The van der Waals surface area contributed by atoms with Crippen LogP contribution in [-0.4, -0.2) is 34.3 Å². The lowest BCUT2D eigenvalue weighted by molar-refractivity contribution is -0.144. The number of nitrogens with one attached hydrogen (secondary N) is 1. The Morgan fingerprint density at radius 2 is 2.12 bits per heavy atom. The van der Waals surface area contributed by atoms with Crippen LogP contribution in [0.4, 0.5) is 13.2 Å². The standard InChI is InChI=1S/C16H18ClF3N4.ClH/c1-23-15(16(18,19)20)12(8-22-23)10-24-6-5-21-9-14(24)11-3-2-4-13(17)7-11;/h2-4,7-8,14,21H,5-6,9-10H2,1H3;1H. The van der Waals surface area contributed by atoms with E-state index in [2.05, 4.69) is 10.4 Å². The number of hydrogen-bond donors (Lipinski definition) is 1. The highest BCUT2D eigenvalue weighted by atomic mass is 35.5. The summed E-state index contributed by atoms with van der Waals surface area (Å²) < 4.78 is 40.7. The van der Waals surface area contributed by atoms with Gasteiger partial charge in [0, 0.05) is 49.9 Å². The van der Waals surface area contributed by atoms with Gasteiger partial charge >= 0.3 is 6.18 Å².